The summed E-state index contributed by atoms with van der Waals surface area (Å²) in [7, 11) is -3.80. The number of hydrogen-bond donors (Lipinski definition) is 2. The summed E-state index contributed by atoms with van der Waals surface area (Å²) in [5, 5.41) is 12.4. The highest BCUT2D eigenvalue weighted by Gasteiger charge is 2.21. The van der Waals surface area contributed by atoms with Crippen LogP contribution in [0.1, 0.15) is 11.0 Å². The molecule has 0 amide bonds. The second kappa shape index (κ2) is 7.14. The van der Waals surface area contributed by atoms with E-state index in [4.69, 9.17) is 0 Å². The van der Waals surface area contributed by atoms with Gasteiger partial charge in [0.15, 0.2) is 0 Å². The van der Waals surface area contributed by atoms with Crippen LogP contribution < -0.4 is 4.72 Å². The molecule has 0 saturated heterocycles. The third-order valence-electron chi connectivity index (χ3n) is 3.72. The third-order valence-corrected chi connectivity index (χ3v) is 7.97. The van der Waals surface area contributed by atoms with E-state index in [1.54, 1.807) is 23.5 Å². The molecule has 3 aromatic heterocycles. The van der Waals surface area contributed by atoms with Crippen LogP contribution in [-0.4, -0.2) is 28.8 Å². The molecule has 6 nitrogen and oxygen atoms in total. The summed E-state index contributed by atoms with van der Waals surface area (Å²) in [6, 6.07) is 12.6. The summed E-state index contributed by atoms with van der Waals surface area (Å²) in [5.41, 5.74) is 0.882. The van der Waals surface area contributed by atoms with Gasteiger partial charge in [-0.2, -0.15) is 8.75 Å². The zero-order valence-corrected chi connectivity index (χ0v) is 16.5. The van der Waals surface area contributed by atoms with E-state index in [9.17, 15) is 13.5 Å². The first-order valence-electron chi connectivity index (χ1n) is 7.57. The van der Waals surface area contributed by atoms with E-state index in [0.29, 0.717) is 15.9 Å². The molecule has 1 aromatic carbocycles. The quantitative estimate of drug-likeness (QED) is 0.495. The molecule has 26 heavy (non-hydrogen) atoms. The van der Waals surface area contributed by atoms with E-state index in [1.165, 1.54) is 17.4 Å². The molecule has 1 atom stereocenters. The van der Waals surface area contributed by atoms with Crippen LogP contribution in [0.15, 0.2) is 52.7 Å². The topological polar surface area (TPSA) is 92.2 Å². The molecule has 4 rings (SSSR count). The minimum atomic E-state index is -3.80. The van der Waals surface area contributed by atoms with Gasteiger partial charge in [-0.1, -0.05) is 12.1 Å². The van der Waals surface area contributed by atoms with Gasteiger partial charge in [0.2, 0.25) is 10.0 Å². The Morgan fingerprint density at radius 3 is 2.77 bits per heavy atom. The zero-order valence-electron chi connectivity index (χ0n) is 13.2. The first-order chi connectivity index (χ1) is 12.5. The molecule has 0 fully saturated rings. The minimum absolute atomic E-state index is 0.0707. The highest BCUT2D eigenvalue weighted by atomic mass is 32.2. The van der Waals surface area contributed by atoms with Crippen molar-refractivity contribution in [3.8, 4) is 9.75 Å². The summed E-state index contributed by atoms with van der Waals surface area (Å²) < 4.78 is 35.8. The van der Waals surface area contributed by atoms with Crippen LogP contribution >= 0.6 is 34.4 Å². The van der Waals surface area contributed by atoms with Gasteiger partial charge in [0.25, 0.3) is 0 Å². The zero-order chi connectivity index (χ0) is 18.1. The average Bonchev–Trinajstić information content (AvgIpc) is 3.39. The van der Waals surface area contributed by atoms with Crippen molar-refractivity contribution in [2.45, 2.75) is 11.0 Å². The maximum absolute atomic E-state index is 12.6. The van der Waals surface area contributed by atoms with E-state index < -0.39 is 16.1 Å². The van der Waals surface area contributed by atoms with Gasteiger partial charge in [-0.25, -0.2) is 13.1 Å². The van der Waals surface area contributed by atoms with Crippen LogP contribution in [0.4, 0.5) is 0 Å². The average molecular weight is 424 g/mol. The molecule has 0 bridgehead atoms. The Balaban J connectivity index is 1.50. The standard InChI is InChI=1S/C16H13N3O3S4/c20-11(12-6-7-14(24-12)13-4-2-8-23-13)9-17-26(21,22)15-5-1-3-10-16(15)19-25-18-10/h1-8,11,17,20H,9H2. The number of aromatic nitrogens is 2. The lowest BCUT2D eigenvalue weighted by Gasteiger charge is -2.11. The second-order valence-corrected chi connectivity index (χ2v) is 9.76. The number of aliphatic hydroxyl groups is 1. The number of nitrogens with zero attached hydrogens (tertiary/aromatic N) is 2. The number of fused-ring (bicyclic) bond motifs is 1. The molecule has 0 saturated carbocycles. The molecular formula is C16H13N3O3S4. The van der Waals surface area contributed by atoms with Gasteiger partial charge in [-0.05, 0) is 35.7 Å². The number of aliphatic hydroxyl groups excluding tert-OH is 1. The molecule has 0 spiro atoms. The van der Waals surface area contributed by atoms with Crippen LogP contribution in [0.2, 0.25) is 0 Å². The fourth-order valence-electron chi connectivity index (χ4n) is 2.45. The van der Waals surface area contributed by atoms with Crippen molar-refractivity contribution in [1.29, 1.82) is 0 Å². The third kappa shape index (κ3) is 3.43. The van der Waals surface area contributed by atoms with E-state index in [1.807, 2.05) is 29.6 Å². The number of thiophene rings is 2. The maximum atomic E-state index is 12.6. The lowest BCUT2D eigenvalue weighted by molar-refractivity contribution is 0.186. The lowest BCUT2D eigenvalue weighted by atomic mass is 10.3. The molecule has 0 aliphatic heterocycles. The highest BCUT2D eigenvalue weighted by Crippen LogP contribution is 2.34. The van der Waals surface area contributed by atoms with Crippen LogP contribution in [0.5, 0.6) is 0 Å². The summed E-state index contributed by atoms with van der Waals surface area (Å²) in [6.45, 7) is -0.110. The first-order valence-corrected chi connectivity index (χ1v) is 11.5. The SMILES string of the molecule is O=S(=O)(NCC(O)c1ccc(-c2cccs2)s1)c1cccc2nsnc12. The fraction of sp³-hybridized carbons (Fsp3) is 0.125. The van der Waals surface area contributed by atoms with Crippen molar-refractivity contribution in [1.82, 2.24) is 13.5 Å². The molecule has 134 valence electrons. The Hall–Kier alpha value is -1.69. The Morgan fingerprint density at radius 2 is 1.96 bits per heavy atom. The predicted octanol–water partition coefficient (Wildman–Crippen LogP) is 3.49. The molecule has 0 aliphatic carbocycles. The Labute approximate surface area is 162 Å². The number of benzene rings is 1. The second-order valence-electron chi connectivity index (χ2n) is 5.44. The summed E-state index contributed by atoms with van der Waals surface area (Å²) in [4.78, 5) is 2.96. The van der Waals surface area contributed by atoms with E-state index in [2.05, 4.69) is 13.5 Å². The smallest absolute Gasteiger partial charge is 0.242 e. The first kappa shape index (κ1) is 17.7. The lowest BCUT2D eigenvalue weighted by Crippen LogP contribution is -2.28. The fourth-order valence-corrected chi connectivity index (χ4v) is 6.08. The van der Waals surface area contributed by atoms with Crippen LogP contribution in [0.25, 0.3) is 20.8 Å². The molecule has 0 aliphatic rings. The van der Waals surface area contributed by atoms with Gasteiger partial charge in [-0.3, -0.25) is 0 Å². The van der Waals surface area contributed by atoms with E-state index in [-0.39, 0.29) is 11.4 Å². The van der Waals surface area contributed by atoms with E-state index >= 15 is 0 Å². The largest absolute Gasteiger partial charge is 0.386 e. The monoisotopic (exact) mass is 423 g/mol. The Morgan fingerprint density at radius 1 is 1.08 bits per heavy atom. The number of sulfonamides is 1. The van der Waals surface area contributed by atoms with Gasteiger partial charge in [0.1, 0.15) is 22.0 Å². The van der Waals surface area contributed by atoms with Crippen molar-refractivity contribution in [3.05, 3.63) is 52.7 Å². The van der Waals surface area contributed by atoms with Crippen LogP contribution in [-0.2, 0) is 10.0 Å². The summed E-state index contributed by atoms with van der Waals surface area (Å²) in [6.07, 6.45) is -0.920. The Kier molecular flexibility index (Phi) is 4.86. The number of rotatable bonds is 6. The molecule has 3 heterocycles. The van der Waals surface area contributed by atoms with Gasteiger partial charge in [0, 0.05) is 21.2 Å². The maximum Gasteiger partial charge on any atom is 0.242 e. The molecule has 4 aromatic rings. The van der Waals surface area contributed by atoms with Crippen molar-refractivity contribution in [2.75, 3.05) is 6.54 Å². The van der Waals surface area contributed by atoms with Gasteiger partial charge in [-0.15, -0.1) is 22.7 Å². The predicted molar refractivity (Wildman–Crippen MR) is 105 cm³/mol. The van der Waals surface area contributed by atoms with Crippen molar-refractivity contribution >= 4 is 55.5 Å². The van der Waals surface area contributed by atoms with Gasteiger partial charge < -0.3 is 5.11 Å². The minimum Gasteiger partial charge on any atom is -0.386 e. The number of nitrogens with one attached hydrogen (secondary N) is 1. The summed E-state index contributed by atoms with van der Waals surface area (Å²) in [5.74, 6) is 0. The van der Waals surface area contributed by atoms with Crippen LogP contribution in [0.3, 0.4) is 0 Å². The van der Waals surface area contributed by atoms with Gasteiger partial charge in [0.05, 0.1) is 11.7 Å². The summed E-state index contributed by atoms with van der Waals surface area (Å²) >= 11 is 4.04. The van der Waals surface area contributed by atoms with E-state index in [0.717, 1.165) is 21.5 Å². The Bertz CT molecular complexity index is 1130. The highest BCUT2D eigenvalue weighted by molar-refractivity contribution is 7.89. The molecule has 10 heteroatoms. The van der Waals surface area contributed by atoms with Crippen molar-refractivity contribution < 1.29 is 13.5 Å². The van der Waals surface area contributed by atoms with Crippen molar-refractivity contribution in [3.63, 3.8) is 0 Å². The molecule has 0 radical (unpaired) electrons. The molecular weight excluding hydrogens is 410 g/mol. The normalized spacial score (nSPS) is 13.3. The van der Waals surface area contributed by atoms with Gasteiger partial charge >= 0.3 is 0 Å². The molecule has 2 N–H and O–H groups in total. The van der Waals surface area contributed by atoms with Crippen molar-refractivity contribution in [2.24, 2.45) is 0 Å². The number of hydrogen-bond acceptors (Lipinski definition) is 8. The molecule has 1 unspecified atom stereocenters. The van der Waals surface area contributed by atoms with Crippen LogP contribution in [0, 0.1) is 0 Å².